The Morgan fingerprint density at radius 2 is 2.11 bits per heavy atom. The Morgan fingerprint density at radius 3 is 2.78 bits per heavy atom. The molecule has 7 heteroatoms. The molecule has 0 fully saturated rings. The highest BCUT2D eigenvalue weighted by atomic mass is 19.4. The summed E-state index contributed by atoms with van der Waals surface area (Å²) >= 11 is 0. The maximum atomic E-state index is 11.8. The minimum absolute atomic E-state index is 0.130. The number of hydrogen-bond acceptors (Lipinski definition) is 3. The molecule has 1 aromatic rings. The van der Waals surface area contributed by atoms with Crippen molar-refractivity contribution >= 4 is 17.3 Å². The van der Waals surface area contributed by atoms with Gasteiger partial charge in [-0.15, -0.1) is 13.2 Å². The van der Waals surface area contributed by atoms with Crippen molar-refractivity contribution in [3.05, 3.63) is 23.8 Å². The van der Waals surface area contributed by atoms with Crippen molar-refractivity contribution in [1.82, 2.24) is 0 Å². The van der Waals surface area contributed by atoms with Crippen LogP contribution in [0, 0.1) is 0 Å². The van der Waals surface area contributed by atoms with E-state index < -0.39 is 13.0 Å². The number of nitrogens with two attached hydrogens (primary N) is 1. The summed E-state index contributed by atoms with van der Waals surface area (Å²) in [5.74, 6) is -0.249. The number of amides is 1. The van der Waals surface area contributed by atoms with Gasteiger partial charge in [-0.2, -0.15) is 0 Å². The smallest absolute Gasteiger partial charge is 0.399 e. The van der Waals surface area contributed by atoms with Crippen LogP contribution in [0.3, 0.4) is 0 Å². The van der Waals surface area contributed by atoms with Gasteiger partial charge in [0.1, 0.15) is 0 Å². The lowest BCUT2D eigenvalue weighted by atomic mass is 10.1. The highest BCUT2D eigenvalue weighted by molar-refractivity contribution is 6.01. The minimum Gasteiger partial charge on any atom is -0.399 e. The van der Waals surface area contributed by atoms with Crippen molar-refractivity contribution in [2.75, 3.05) is 23.8 Å². The second kappa shape index (κ2) is 4.49. The van der Waals surface area contributed by atoms with Crippen molar-refractivity contribution < 1.29 is 22.7 Å². The predicted molar refractivity (Wildman–Crippen MR) is 58.9 cm³/mol. The molecule has 0 saturated carbocycles. The lowest BCUT2D eigenvalue weighted by Gasteiger charge is -2.18. The van der Waals surface area contributed by atoms with Crippen LogP contribution in [0.15, 0.2) is 18.2 Å². The molecule has 1 heterocycles. The van der Waals surface area contributed by atoms with Gasteiger partial charge < -0.3 is 10.6 Å². The van der Waals surface area contributed by atoms with Gasteiger partial charge in [-0.25, -0.2) is 0 Å². The van der Waals surface area contributed by atoms with E-state index in [-0.39, 0.29) is 18.9 Å². The molecule has 98 valence electrons. The molecule has 0 unspecified atom stereocenters. The maximum absolute atomic E-state index is 11.8. The van der Waals surface area contributed by atoms with Crippen molar-refractivity contribution in [3.8, 4) is 0 Å². The first-order valence-electron chi connectivity index (χ1n) is 5.26. The molecule has 0 radical (unpaired) electrons. The molecular formula is C11H11F3N2O2. The molecule has 1 amide bonds. The molecule has 1 aromatic carbocycles. The molecule has 0 spiro atoms. The third kappa shape index (κ3) is 2.73. The first-order valence-corrected chi connectivity index (χ1v) is 5.26. The Hall–Kier alpha value is -1.76. The molecule has 0 saturated heterocycles. The maximum Gasteiger partial charge on any atom is 0.522 e. The van der Waals surface area contributed by atoms with E-state index in [4.69, 9.17) is 5.73 Å². The number of benzene rings is 1. The summed E-state index contributed by atoms with van der Waals surface area (Å²) in [5, 5.41) is 0. The van der Waals surface area contributed by atoms with Crippen LogP contribution in [0.5, 0.6) is 0 Å². The van der Waals surface area contributed by atoms with Crippen LogP contribution in [-0.4, -0.2) is 25.4 Å². The second-order valence-corrected chi connectivity index (χ2v) is 3.90. The Balaban J connectivity index is 2.05. The Kier molecular flexibility index (Phi) is 3.16. The predicted octanol–water partition coefficient (Wildman–Crippen LogP) is 1.69. The standard InChI is InChI=1S/C11H11F3N2O2/c12-11(13,14)18-4-3-16-9-2-1-8(15)5-7(9)6-10(16)17/h1-2,5H,3-4,6,15H2. The summed E-state index contributed by atoms with van der Waals surface area (Å²) in [6.45, 7) is -0.714. The Morgan fingerprint density at radius 1 is 1.39 bits per heavy atom. The van der Waals surface area contributed by atoms with Crippen molar-refractivity contribution in [2.24, 2.45) is 0 Å². The van der Waals surface area contributed by atoms with E-state index in [1.165, 1.54) is 4.90 Å². The number of rotatable bonds is 3. The van der Waals surface area contributed by atoms with Crippen LogP contribution in [0.4, 0.5) is 24.5 Å². The van der Waals surface area contributed by atoms with Gasteiger partial charge in [0, 0.05) is 17.9 Å². The molecule has 1 aliphatic heterocycles. The lowest BCUT2D eigenvalue weighted by Crippen LogP contribution is -2.32. The molecule has 2 rings (SSSR count). The van der Waals surface area contributed by atoms with E-state index in [2.05, 4.69) is 4.74 Å². The highest BCUT2D eigenvalue weighted by Gasteiger charge is 2.31. The zero-order chi connectivity index (χ0) is 13.3. The number of carbonyl (C=O) groups excluding carboxylic acids is 1. The van der Waals surface area contributed by atoms with Crippen LogP contribution in [0.25, 0.3) is 0 Å². The number of alkyl halides is 3. The molecule has 18 heavy (non-hydrogen) atoms. The molecule has 0 bridgehead atoms. The van der Waals surface area contributed by atoms with Crippen molar-refractivity contribution in [1.29, 1.82) is 0 Å². The first-order chi connectivity index (χ1) is 8.37. The number of carbonyl (C=O) groups is 1. The van der Waals surface area contributed by atoms with E-state index >= 15 is 0 Å². The van der Waals surface area contributed by atoms with Crippen LogP contribution in [0.1, 0.15) is 5.56 Å². The van der Waals surface area contributed by atoms with Gasteiger partial charge in [0.2, 0.25) is 5.91 Å². The summed E-state index contributed by atoms with van der Waals surface area (Å²) in [6, 6.07) is 4.88. The largest absolute Gasteiger partial charge is 0.522 e. The van der Waals surface area contributed by atoms with E-state index in [1.807, 2.05) is 0 Å². The molecular weight excluding hydrogens is 249 g/mol. The topological polar surface area (TPSA) is 55.6 Å². The number of hydrogen-bond donors (Lipinski definition) is 1. The van der Waals surface area contributed by atoms with E-state index in [0.29, 0.717) is 11.4 Å². The number of nitrogen functional groups attached to an aromatic ring is 1. The molecule has 4 nitrogen and oxygen atoms in total. The molecule has 1 aliphatic rings. The van der Waals surface area contributed by atoms with Gasteiger partial charge in [0.25, 0.3) is 0 Å². The number of anilines is 2. The molecule has 0 aliphatic carbocycles. The third-order valence-electron chi connectivity index (χ3n) is 2.62. The van der Waals surface area contributed by atoms with Crippen molar-refractivity contribution in [2.45, 2.75) is 12.8 Å². The fraction of sp³-hybridized carbons (Fsp3) is 0.364. The Labute approximate surface area is 101 Å². The highest BCUT2D eigenvalue weighted by Crippen LogP contribution is 2.30. The fourth-order valence-corrected chi connectivity index (χ4v) is 1.90. The van der Waals surface area contributed by atoms with Gasteiger partial charge in [0.15, 0.2) is 0 Å². The average molecular weight is 260 g/mol. The van der Waals surface area contributed by atoms with E-state index in [9.17, 15) is 18.0 Å². The van der Waals surface area contributed by atoms with Gasteiger partial charge in [0.05, 0.1) is 13.0 Å². The molecule has 0 atom stereocenters. The SMILES string of the molecule is Nc1ccc2c(c1)CC(=O)N2CCOC(F)(F)F. The minimum atomic E-state index is -4.67. The number of fused-ring (bicyclic) bond motifs is 1. The normalized spacial score (nSPS) is 15.1. The van der Waals surface area contributed by atoms with Crippen molar-refractivity contribution in [3.63, 3.8) is 0 Å². The first kappa shape index (κ1) is 12.7. The zero-order valence-corrected chi connectivity index (χ0v) is 9.33. The summed E-state index contributed by atoms with van der Waals surface area (Å²) in [4.78, 5) is 12.9. The molecule has 2 N–H and O–H groups in total. The van der Waals surface area contributed by atoms with Gasteiger partial charge in [-0.3, -0.25) is 9.53 Å². The number of nitrogens with zero attached hydrogens (tertiary/aromatic N) is 1. The quantitative estimate of drug-likeness (QED) is 0.841. The monoisotopic (exact) mass is 260 g/mol. The second-order valence-electron chi connectivity index (χ2n) is 3.90. The zero-order valence-electron chi connectivity index (χ0n) is 9.33. The number of ether oxygens (including phenoxy) is 1. The van der Waals surface area contributed by atoms with Gasteiger partial charge in [-0.1, -0.05) is 0 Å². The van der Waals surface area contributed by atoms with Crippen LogP contribution >= 0.6 is 0 Å². The van der Waals surface area contributed by atoms with Crippen LogP contribution in [-0.2, 0) is 16.0 Å². The Bertz CT molecular complexity index is 474. The van der Waals surface area contributed by atoms with E-state index in [1.54, 1.807) is 18.2 Å². The van der Waals surface area contributed by atoms with Crippen LogP contribution < -0.4 is 10.6 Å². The van der Waals surface area contributed by atoms with Gasteiger partial charge >= 0.3 is 6.36 Å². The lowest BCUT2D eigenvalue weighted by molar-refractivity contribution is -0.323. The summed E-state index contributed by atoms with van der Waals surface area (Å²) in [5.41, 5.74) is 7.42. The summed E-state index contributed by atoms with van der Waals surface area (Å²) < 4.78 is 39.2. The van der Waals surface area contributed by atoms with Crippen LogP contribution in [0.2, 0.25) is 0 Å². The molecule has 0 aromatic heterocycles. The fourth-order valence-electron chi connectivity index (χ4n) is 1.90. The number of halogens is 3. The van der Waals surface area contributed by atoms with Gasteiger partial charge in [-0.05, 0) is 23.8 Å². The summed E-state index contributed by atoms with van der Waals surface area (Å²) in [6.07, 6.45) is -4.51. The summed E-state index contributed by atoms with van der Waals surface area (Å²) in [7, 11) is 0. The van der Waals surface area contributed by atoms with E-state index in [0.717, 1.165) is 5.56 Å². The average Bonchev–Trinajstić information content (AvgIpc) is 2.52. The third-order valence-corrected chi connectivity index (χ3v) is 2.62.